The molecular formula is C14H19ClFNO2. The summed E-state index contributed by atoms with van der Waals surface area (Å²) in [6.07, 6.45) is 0. The van der Waals surface area contributed by atoms with Crippen molar-refractivity contribution in [3.8, 4) is 5.75 Å². The van der Waals surface area contributed by atoms with E-state index in [1.165, 1.54) is 17.7 Å². The summed E-state index contributed by atoms with van der Waals surface area (Å²) in [5.41, 5.74) is 3.16. The SMILES string of the molecule is COCCNCc1cc(F)cc(OC/C(C)=C/Cl)c1. The smallest absolute Gasteiger partial charge is 0.127 e. The van der Waals surface area contributed by atoms with Gasteiger partial charge in [0.05, 0.1) is 6.61 Å². The van der Waals surface area contributed by atoms with E-state index in [2.05, 4.69) is 5.32 Å². The second-order valence-corrected chi connectivity index (χ2v) is 4.43. The van der Waals surface area contributed by atoms with Gasteiger partial charge in [-0.3, -0.25) is 0 Å². The van der Waals surface area contributed by atoms with E-state index in [4.69, 9.17) is 21.1 Å². The van der Waals surface area contributed by atoms with Crippen LogP contribution in [0.15, 0.2) is 29.3 Å². The number of ether oxygens (including phenoxy) is 2. The maximum atomic E-state index is 13.4. The fourth-order valence-electron chi connectivity index (χ4n) is 1.44. The van der Waals surface area contributed by atoms with Crippen LogP contribution in [0.25, 0.3) is 0 Å². The Labute approximate surface area is 118 Å². The summed E-state index contributed by atoms with van der Waals surface area (Å²) in [7, 11) is 1.64. The number of hydrogen-bond donors (Lipinski definition) is 1. The minimum atomic E-state index is -0.312. The molecule has 0 saturated carbocycles. The first-order chi connectivity index (χ1) is 9.15. The molecule has 1 aromatic carbocycles. The number of methoxy groups -OCH3 is 1. The van der Waals surface area contributed by atoms with E-state index in [1.807, 2.05) is 13.0 Å². The molecule has 0 aliphatic carbocycles. The number of hydrogen-bond acceptors (Lipinski definition) is 3. The molecule has 0 atom stereocenters. The van der Waals surface area contributed by atoms with Crippen molar-refractivity contribution in [1.29, 1.82) is 0 Å². The van der Waals surface area contributed by atoms with E-state index in [-0.39, 0.29) is 5.82 Å². The Kier molecular flexibility index (Phi) is 7.48. The number of rotatable bonds is 8. The summed E-state index contributed by atoms with van der Waals surface area (Å²) >= 11 is 5.54. The fourth-order valence-corrected chi connectivity index (χ4v) is 1.50. The number of nitrogens with one attached hydrogen (secondary N) is 1. The quantitative estimate of drug-likeness (QED) is 0.746. The van der Waals surface area contributed by atoms with Crippen LogP contribution in [0.3, 0.4) is 0 Å². The first-order valence-corrected chi connectivity index (χ1v) is 6.47. The topological polar surface area (TPSA) is 30.5 Å². The molecule has 19 heavy (non-hydrogen) atoms. The molecule has 5 heteroatoms. The Morgan fingerprint density at radius 2 is 2.21 bits per heavy atom. The zero-order chi connectivity index (χ0) is 14.1. The van der Waals surface area contributed by atoms with Gasteiger partial charge in [-0.25, -0.2) is 4.39 Å². The van der Waals surface area contributed by atoms with E-state index < -0.39 is 0 Å². The molecule has 106 valence electrons. The van der Waals surface area contributed by atoms with Gasteiger partial charge in [-0.1, -0.05) is 11.6 Å². The molecule has 1 aromatic rings. The molecule has 0 saturated heterocycles. The molecule has 0 aliphatic rings. The number of halogens is 2. The van der Waals surface area contributed by atoms with Crippen molar-refractivity contribution in [3.63, 3.8) is 0 Å². The average Bonchev–Trinajstić information content (AvgIpc) is 2.40. The lowest BCUT2D eigenvalue weighted by molar-refractivity contribution is 0.199. The first kappa shape index (κ1) is 16.0. The van der Waals surface area contributed by atoms with E-state index in [0.29, 0.717) is 25.5 Å². The Morgan fingerprint density at radius 3 is 2.89 bits per heavy atom. The lowest BCUT2D eigenvalue weighted by Gasteiger charge is -2.09. The van der Waals surface area contributed by atoms with Gasteiger partial charge in [0, 0.05) is 31.8 Å². The van der Waals surface area contributed by atoms with Gasteiger partial charge in [-0.2, -0.15) is 0 Å². The highest BCUT2D eigenvalue weighted by Gasteiger charge is 2.02. The van der Waals surface area contributed by atoms with Gasteiger partial charge >= 0.3 is 0 Å². The van der Waals surface area contributed by atoms with Crippen molar-refractivity contribution >= 4 is 11.6 Å². The van der Waals surface area contributed by atoms with Crippen molar-refractivity contribution in [2.45, 2.75) is 13.5 Å². The highest BCUT2D eigenvalue weighted by Crippen LogP contribution is 2.17. The van der Waals surface area contributed by atoms with Crippen molar-refractivity contribution in [2.75, 3.05) is 26.9 Å². The van der Waals surface area contributed by atoms with Crippen molar-refractivity contribution in [1.82, 2.24) is 5.32 Å². The van der Waals surface area contributed by atoms with Crippen LogP contribution in [0.2, 0.25) is 0 Å². The maximum absolute atomic E-state index is 13.4. The normalized spacial score (nSPS) is 11.7. The molecule has 0 aliphatic heterocycles. The van der Waals surface area contributed by atoms with E-state index in [9.17, 15) is 4.39 Å². The summed E-state index contributed by atoms with van der Waals surface area (Å²) in [6, 6.07) is 4.65. The molecule has 1 N–H and O–H groups in total. The molecule has 0 aromatic heterocycles. The third-order valence-electron chi connectivity index (χ3n) is 2.40. The minimum Gasteiger partial charge on any atom is -0.489 e. The predicted molar refractivity (Wildman–Crippen MR) is 75.1 cm³/mol. The Morgan fingerprint density at radius 1 is 1.42 bits per heavy atom. The molecule has 0 bridgehead atoms. The number of benzene rings is 1. The van der Waals surface area contributed by atoms with E-state index >= 15 is 0 Å². The second kappa shape index (κ2) is 8.91. The van der Waals surface area contributed by atoms with Crippen LogP contribution in [0.1, 0.15) is 12.5 Å². The minimum absolute atomic E-state index is 0.312. The largest absolute Gasteiger partial charge is 0.489 e. The predicted octanol–water partition coefficient (Wildman–Crippen LogP) is 3.08. The van der Waals surface area contributed by atoms with Gasteiger partial charge in [-0.05, 0) is 30.2 Å². The summed E-state index contributed by atoms with van der Waals surface area (Å²) in [5, 5.41) is 3.15. The van der Waals surface area contributed by atoms with Crippen molar-refractivity contribution < 1.29 is 13.9 Å². The van der Waals surface area contributed by atoms with Gasteiger partial charge in [0.15, 0.2) is 0 Å². The third kappa shape index (κ3) is 6.57. The van der Waals surface area contributed by atoms with E-state index in [1.54, 1.807) is 7.11 Å². The Hall–Kier alpha value is -1.10. The first-order valence-electron chi connectivity index (χ1n) is 6.03. The zero-order valence-corrected chi connectivity index (χ0v) is 12.0. The van der Waals surface area contributed by atoms with Crippen LogP contribution in [-0.2, 0) is 11.3 Å². The molecular weight excluding hydrogens is 269 g/mol. The van der Waals surface area contributed by atoms with Crippen LogP contribution in [0.4, 0.5) is 4.39 Å². The average molecular weight is 288 g/mol. The summed E-state index contributed by atoms with van der Waals surface area (Å²) in [5.74, 6) is 0.190. The van der Waals surface area contributed by atoms with Gasteiger partial charge in [-0.15, -0.1) is 0 Å². The summed E-state index contributed by atoms with van der Waals surface area (Å²) in [6.45, 7) is 4.11. The van der Waals surface area contributed by atoms with Gasteiger partial charge in [0.2, 0.25) is 0 Å². The third-order valence-corrected chi connectivity index (χ3v) is 2.77. The van der Waals surface area contributed by atoms with Gasteiger partial charge in [0.25, 0.3) is 0 Å². The van der Waals surface area contributed by atoms with Crippen LogP contribution in [-0.4, -0.2) is 26.9 Å². The van der Waals surface area contributed by atoms with Crippen LogP contribution in [0, 0.1) is 5.82 Å². The molecule has 1 rings (SSSR count). The van der Waals surface area contributed by atoms with Crippen LogP contribution in [0.5, 0.6) is 5.75 Å². The van der Waals surface area contributed by atoms with Crippen LogP contribution >= 0.6 is 11.6 Å². The fraction of sp³-hybridized carbons (Fsp3) is 0.429. The molecule has 0 fully saturated rings. The van der Waals surface area contributed by atoms with Crippen molar-refractivity contribution in [3.05, 3.63) is 40.7 Å². The summed E-state index contributed by atoms with van der Waals surface area (Å²) in [4.78, 5) is 0. The highest BCUT2D eigenvalue weighted by atomic mass is 35.5. The standard InChI is InChI=1S/C14H19ClFNO2/c1-11(8-15)10-19-14-6-12(5-13(16)7-14)9-17-3-4-18-2/h5-8,17H,3-4,9-10H2,1-2H3/b11-8+. The van der Waals surface area contributed by atoms with Crippen LogP contribution < -0.4 is 10.1 Å². The highest BCUT2D eigenvalue weighted by molar-refractivity contribution is 6.25. The second-order valence-electron chi connectivity index (χ2n) is 4.21. The lowest BCUT2D eigenvalue weighted by atomic mass is 10.2. The van der Waals surface area contributed by atoms with E-state index in [0.717, 1.165) is 17.7 Å². The Bertz CT molecular complexity index is 424. The van der Waals surface area contributed by atoms with Gasteiger partial charge in [0.1, 0.15) is 18.2 Å². The zero-order valence-electron chi connectivity index (χ0n) is 11.2. The summed E-state index contributed by atoms with van der Waals surface area (Å²) < 4.78 is 23.8. The lowest BCUT2D eigenvalue weighted by Crippen LogP contribution is -2.18. The molecule has 0 spiro atoms. The van der Waals surface area contributed by atoms with Crippen molar-refractivity contribution in [2.24, 2.45) is 0 Å². The molecule has 0 radical (unpaired) electrons. The van der Waals surface area contributed by atoms with Gasteiger partial charge < -0.3 is 14.8 Å². The molecule has 0 unspecified atom stereocenters. The molecule has 0 amide bonds. The maximum Gasteiger partial charge on any atom is 0.127 e. The Balaban J connectivity index is 2.55. The molecule has 0 heterocycles. The molecule has 3 nitrogen and oxygen atoms in total. The monoisotopic (exact) mass is 287 g/mol.